The molecule has 2 aromatic rings. The molecule has 0 fully saturated rings. The molecule has 2 aromatic heterocycles. The van der Waals surface area contributed by atoms with Crippen LogP contribution in [0.2, 0.25) is 0 Å². The van der Waals surface area contributed by atoms with Gasteiger partial charge >= 0.3 is 0 Å². The van der Waals surface area contributed by atoms with Crippen LogP contribution in [0.3, 0.4) is 0 Å². The topological polar surface area (TPSA) is 84.5 Å². The first kappa shape index (κ1) is 14.5. The Balaban J connectivity index is 2.52. The Labute approximate surface area is 120 Å². The molecule has 0 saturated carbocycles. The lowest BCUT2D eigenvalue weighted by molar-refractivity contribution is 0.480. The fourth-order valence-electron chi connectivity index (χ4n) is 1.72. The van der Waals surface area contributed by atoms with E-state index in [1.54, 1.807) is 4.57 Å². The number of thioether (sulfide) groups is 1. The van der Waals surface area contributed by atoms with Crippen molar-refractivity contribution in [2.45, 2.75) is 32.0 Å². The molecule has 0 amide bonds. The van der Waals surface area contributed by atoms with Gasteiger partial charge in [-0.25, -0.2) is 15.0 Å². The van der Waals surface area contributed by atoms with Gasteiger partial charge in [-0.15, -0.1) is 0 Å². The molecule has 0 unspecified atom stereocenters. The van der Waals surface area contributed by atoms with Gasteiger partial charge in [-0.1, -0.05) is 25.6 Å². The summed E-state index contributed by atoms with van der Waals surface area (Å²) in [5.41, 5.74) is 0.417. The molecule has 0 N–H and O–H groups in total. The lowest BCUT2D eigenvalue weighted by Gasteiger charge is -2.12. The van der Waals surface area contributed by atoms with Crippen molar-refractivity contribution >= 4 is 22.9 Å². The predicted octanol–water partition coefficient (Wildman–Crippen LogP) is 1.85. The van der Waals surface area contributed by atoms with E-state index >= 15 is 0 Å². The van der Waals surface area contributed by atoms with Crippen LogP contribution < -0.4 is 5.56 Å². The van der Waals surface area contributed by atoms with Crippen molar-refractivity contribution in [3.8, 4) is 6.07 Å². The molecule has 0 saturated heterocycles. The molecular formula is C13H15N5OS. The Morgan fingerprint density at radius 3 is 2.85 bits per heavy atom. The van der Waals surface area contributed by atoms with Crippen molar-refractivity contribution in [3.63, 3.8) is 0 Å². The fraction of sp³-hybridized carbons (Fsp3) is 0.462. The van der Waals surface area contributed by atoms with Crippen molar-refractivity contribution in [1.82, 2.24) is 19.5 Å². The molecule has 0 bridgehead atoms. The van der Waals surface area contributed by atoms with Gasteiger partial charge in [-0.3, -0.25) is 9.36 Å². The van der Waals surface area contributed by atoms with Crippen molar-refractivity contribution in [3.05, 3.63) is 22.7 Å². The maximum absolute atomic E-state index is 12.4. The second-order valence-corrected chi connectivity index (χ2v) is 5.65. The van der Waals surface area contributed by atoms with Crippen molar-refractivity contribution in [2.75, 3.05) is 5.75 Å². The first-order valence-corrected chi connectivity index (χ1v) is 7.33. The lowest BCUT2D eigenvalue weighted by atomic mass is 10.1. The monoisotopic (exact) mass is 289 g/mol. The Morgan fingerprint density at radius 2 is 2.15 bits per heavy atom. The van der Waals surface area contributed by atoms with Crippen LogP contribution in [0.4, 0.5) is 0 Å². The maximum atomic E-state index is 12.4. The zero-order chi connectivity index (χ0) is 14.5. The van der Waals surface area contributed by atoms with Crippen LogP contribution in [0.1, 0.15) is 20.3 Å². The quantitative estimate of drug-likeness (QED) is 0.617. The molecule has 0 radical (unpaired) electrons. The summed E-state index contributed by atoms with van der Waals surface area (Å²) in [6, 6.07) is 2.05. The van der Waals surface area contributed by atoms with Gasteiger partial charge in [-0.05, 0) is 12.3 Å². The molecule has 20 heavy (non-hydrogen) atoms. The van der Waals surface area contributed by atoms with Crippen LogP contribution in [0.5, 0.6) is 0 Å². The molecule has 2 rings (SSSR count). The number of nitriles is 1. The van der Waals surface area contributed by atoms with Gasteiger partial charge in [-0.2, -0.15) is 5.26 Å². The number of fused-ring (bicyclic) bond motifs is 1. The Kier molecular flexibility index (Phi) is 4.69. The van der Waals surface area contributed by atoms with Gasteiger partial charge in [0.2, 0.25) is 0 Å². The average Bonchev–Trinajstić information content (AvgIpc) is 2.44. The maximum Gasteiger partial charge on any atom is 0.282 e. The van der Waals surface area contributed by atoms with E-state index < -0.39 is 0 Å². The fourth-order valence-corrected chi connectivity index (χ4v) is 2.40. The first-order valence-electron chi connectivity index (χ1n) is 6.34. The summed E-state index contributed by atoms with van der Waals surface area (Å²) >= 11 is 1.25. The van der Waals surface area contributed by atoms with Gasteiger partial charge in [0.15, 0.2) is 16.3 Å². The highest BCUT2D eigenvalue weighted by molar-refractivity contribution is 7.99. The number of hydrogen-bond acceptors (Lipinski definition) is 6. The van der Waals surface area contributed by atoms with Crippen LogP contribution in [-0.2, 0) is 6.54 Å². The van der Waals surface area contributed by atoms with Crippen molar-refractivity contribution in [1.29, 1.82) is 5.26 Å². The van der Waals surface area contributed by atoms with E-state index in [0.29, 0.717) is 23.3 Å². The Hall–Kier alpha value is -1.94. The van der Waals surface area contributed by atoms with Gasteiger partial charge in [0, 0.05) is 18.9 Å². The first-order chi connectivity index (χ1) is 9.63. The molecule has 0 aromatic carbocycles. The minimum atomic E-state index is -0.191. The van der Waals surface area contributed by atoms with Crippen LogP contribution in [-0.4, -0.2) is 25.3 Å². The third-order valence-electron chi connectivity index (χ3n) is 2.75. The van der Waals surface area contributed by atoms with Crippen molar-refractivity contribution in [2.24, 2.45) is 5.92 Å². The summed E-state index contributed by atoms with van der Waals surface area (Å²) in [4.78, 5) is 24.9. The number of nitrogens with zero attached hydrogens (tertiary/aromatic N) is 5. The standard InChI is InChI=1S/C13H15N5OS/c1-9(2)3-7-18-12(19)10-11(16-6-5-15-10)17-13(18)20-8-4-14/h5-6,9H,3,7-8H2,1-2H3. The molecule has 0 aliphatic heterocycles. The molecule has 0 aliphatic rings. The minimum absolute atomic E-state index is 0.191. The molecule has 6 nitrogen and oxygen atoms in total. The van der Waals surface area contributed by atoms with E-state index in [4.69, 9.17) is 5.26 Å². The second kappa shape index (κ2) is 6.48. The third kappa shape index (κ3) is 3.14. The lowest BCUT2D eigenvalue weighted by Crippen LogP contribution is -2.25. The van der Waals surface area contributed by atoms with Gasteiger partial charge in [0.1, 0.15) is 0 Å². The van der Waals surface area contributed by atoms with Crippen molar-refractivity contribution < 1.29 is 0 Å². The molecule has 104 valence electrons. The number of rotatable bonds is 5. The average molecular weight is 289 g/mol. The Bertz CT molecular complexity index is 704. The highest BCUT2D eigenvalue weighted by Gasteiger charge is 2.13. The summed E-state index contributed by atoms with van der Waals surface area (Å²) in [5, 5.41) is 9.24. The molecule has 0 atom stereocenters. The van der Waals surface area contributed by atoms with E-state index in [9.17, 15) is 4.79 Å². The smallest absolute Gasteiger partial charge is 0.282 e. The van der Waals surface area contributed by atoms with Crippen LogP contribution in [0.25, 0.3) is 11.2 Å². The molecular weight excluding hydrogens is 274 g/mol. The molecule has 7 heteroatoms. The molecule has 2 heterocycles. The predicted molar refractivity (Wildman–Crippen MR) is 77.4 cm³/mol. The largest absolute Gasteiger partial charge is 0.286 e. The van der Waals surface area contributed by atoms with Gasteiger partial charge < -0.3 is 0 Å². The summed E-state index contributed by atoms with van der Waals surface area (Å²) < 4.78 is 1.60. The third-order valence-corrected chi connectivity index (χ3v) is 3.60. The highest BCUT2D eigenvalue weighted by atomic mass is 32.2. The minimum Gasteiger partial charge on any atom is -0.286 e. The van der Waals surface area contributed by atoms with E-state index in [-0.39, 0.29) is 16.8 Å². The zero-order valence-electron chi connectivity index (χ0n) is 11.4. The number of hydrogen-bond donors (Lipinski definition) is 0. The number of aromatic nitrogens is 4. The normalized spacial score (nSPS) is 10.9. The summed E-state index contributed by atoms with van der Waals surface area (Å²) in [6.45, 7) is 4.77. The molecule has 0 aliphatic carbocycles. The summed E-state index contributed by atoms with van der Waals surface area (Å²) in [6.07, 6.45) is 3.86. The van der Waals surface area contributed by atoms with Crippen LogP contribution >= 0.6 is 11.8 Å². The van der Waals surface area contributed by atoms with Gasteiger partial charge in [0.05, 0.1) is 11.8 Å². The molecule has 0 spiro atoms. The van der Waals surface area contributed by atoms with Crippen LogP contribution in [0.15, 0.2) is 22.3 Å². The SMILES string of the molecule is CC(C)CCn1c(SCC#N)nc2nccnc2c1=O. The summed E-state index contributed by atoms with van der Waals surface area (Å²) in [7, 11) is 0. The summed E-state index contributed by atoms with van der Waals surface area (Å²) in [5.74, 6) is 0.730. The Morgan fingerprint density at radius 1 is 1.40 bits per heavy atom. The van der Waals surface area contributed by atoms with E-state index in [1.165, 1.54) is 24.2 Å². The van der Waals surface area contributed by atoms with Crippen LogP contribution in [0, 0.1) is 17.2 Å². The highest BCUT2D eigenvalue weighted by Crippen LogP contribution is 2.16. The van der Waals surface area contributed by atoms with E-state index in [0.717, 1.165) is 6.42 Å². The van der Waals surface area contributed by atoms with Gasteiger partial charge in [0.25, 0.3) is 5.56 Å². The zero-order valence-corrected chi connectivity index (χ0v) is 12.2. The second-order valence-electron chi connectivity index (χ2n) is 4.71. The van der Waals surface area contributed by atoms with E-state index in [2.05, 4.69) is 28.8 Å². The van der Waals surface area contributed by atoms with E-state index in [1.807, 2.05) is 6.07 Å².